The number of carbonyl (C=O) groups is 3. The number of amides is 2. The normalized spacial score (nSPS) is 18.7. The van der Waals surface area contributed by atoms with Crippen molar-refractivity contribution in [2.24, 2.45) is 5.92 Å². The Kier molecular flexibility index (Phi) is 4.68. The number of carboxylic acids is 1. The average molecular weight is 286 g/mol. The van der Waals surface area contributed by atoms with Crippen LogP contribution in [0.3, 0.4) is 0 Å². The van der Waals surface area contributed by atoms with Gasteiger partial charge in [0.15, 0.2) is 0 Å². The Morgan fingerprint density at radius 1 is 1.42 bits per heavy atom. The summed E-state index contributed by atoms with van der Waals surface area (Å²) in [4.78, 5) is 37.2. The fourth-order valence-corrected chi connectivity index (χ4v) is 2.90. The molecule has 1 heterocycles. The van der Waals surface area contributed by atoms with Gasteiger partial charge in [-0.05, 0) is 18.8 Å². The van der Waals surface area contributed by atoms with E-state index < -0.39 is 5.97 Å². The molecule has 1 saturated carbocycles. The van der Waals surface area contributed by atoms with Crippen molar-refractivity contribution in [3.8, 4) is 0 Å². The summed E-state index contributed by atoms with van der Waals surface area (Å²) in [5.41, 5.74) is 0. The summed E-state index contributed by atoms with van der Waals surface area (Å²) in [5.74, 6) is 0.0848. The van der Waals surface area contributed by atoms with Gasteiger partial charge in [-0.15, -0.1) is 0 Å². The monoisotopic (exact) mass is 286 g/mol. The van der Waals surface area contributed by atoms with Crippen molar-refractivity contribution in [1.82, 2.24) is 9.80 Å². The van der Waals surface area contributed by atoms with E-state index in [9.17, 15) is 14.4 Å². The van der Waals surface area contributed by atoms with Gasteiger partial charge in [-0.25, -0.2) is 0 Å². The minimum absolute atomic E-state index is 0.0137. The van der Waals surface area contributed by atoms with Crippen LogP contribution < -0.4 is 0 Å². The lowest BCUT2D eigenvalue weighted by Crippen LogP contribution is -2.39. The van der Waals surface area contributed by atoms with Crippen LogP contribution in [0.25, 0.3) is 0 Å². The lowest BCUT2D eigenvalue weighted by Gasteiger charge is -2.22. The maximum Gasteiger partial charge on any atom is 0.323 e. The molecule has 1 aliphatic heterocycles. The number of rotatable bonds is 7. The molecule has 1 N–H and O–H groups in total. The Balaban J connectivity index is 1.80. The highest BCUT2D eigenvalue weighted by Crippen LogP contribution is 2.29. The van der Waals surface area contributed by atoms with Gasteiger partial charge < -0.3 is 14.9 Å². The number of aliphatic carboxylic acids is 1. The number of thioether (sulfide) groups is 1. The molecule has 106 valence electrons. The summed E-state index contributed by atoms with van der Waals surface area (Å²) in [6, 6.07) is 0. The SMILES string of the molecule is O=C(O)CN(CC1CC1)C(=O)CCN1CCSC1=O. The molecule has 2 rings (SSSR count). The van der Waals surface area contributed by atoms with Crippen molar-refractivity contribution >= 4 is 28.9 Å². The molecule has 0 aromatic heterocycles. The molecule has 2 amide bonds. The first kappa shape index (κ1) is 14.2. The quantitative estimate of drug-likeness (QED) is 0.751. The third-order valence-electron chi connectivity index (χ3n) is 3.29. The number of carboxylic acid groups (broad SMARTS) is 1. The highest BCUT2D eigenvalue weighted by Gasteiger charge is 2.28. The van der Waals surface area contributed by atoms with Crippen molar-refractivity contribution in [2.75, 3.05) is 31.9 Å². The minimum Gasteiger partial charge on any atom is -0.480 e. The summed E-state index contributed by atoms with van der Waals surface area (Å²) in [7, 11) is 0. The van der Waals surface area contributed by atoms with Crippen molar-refractivity contribution in [1.29, 1.82) is 0 Å². The molecule has 0 spiro atoms. The van der Waals surface area contributed by atoms with Crippen LogP contribution in [-0.2, 0) is 9.59 Å². The summed E-state index contributed by atoms with van der Waals surface area (Å²) in [6.45, 7) is 1.37. The Morgan fingerprint density at radius 3 is 2.68 bits per heavy atom. The van der Waals surface area contributed by atoms with Crippen LogP contribution in [0.1, 0.15) is 19.3 Å². The maximum absolute atomic E-state index is 12.0. The van der Waals surface area contributed by atoms with E-state index in [0.717, 1.165) is 18.6 Å². The van der Waals surface area contributed by atoms with Gasteiger partial charge in [0.1, 0.15) is 6.54 Å². The number of nitrogens with zero attached hydrogens (tertiary/aromatic N) is 2. The van der Waals surface area contributed by atoms with Crippen LogP contribution in [0.15, 0.2) is 0 Å². The number of carbonyl (C=O) groups excluding carboxylic acids is 2. The van der Waals surface area contributed by atoms with Crippen molar-refractivity contribution in [3.05, 3.63) is 0 Å². The largest absolute Gasteiger partial charge is 0.480 e. The molecular formula is C12H18N2O4S. The van der Waals surface area contributed by atoms with Gasteiger partial charge in [-0.1, -0.05) is 11.8 Å². The first-order chi connectivity index (χ1) is 9.06. The topological polar surface area (TPSA) is 77.9 Å². The molecule has 0 aromatic rings. The lowest BCUT2D eigenvalue weighted by atomic mass is 10.3. The zero-order valence-electron chi connectivity index (χ0n) is 10.7. The predicted octanol–water partition coefficient (Wildman–Crippen LogP) is 0.869. The van der Waals surface area contributed by atoms with Gasteiger partial charge in [0.05, 0.1) is 0 Å². The third kappa shape index (κ3) is 4.41. The summed E-state index contributed by atoms with van der Waals surface area (Å²) < 4.78 is 0. The Bertz CT molecular complexity index is 384. The molecule has 7 heteroatoms. The molecule has 0 radical (unpaired) electrons. The van der Waals surface area contributed by atoms with Gasteiger partial charge in [-0.3, -0.25) is 14.4 Å². The van der Waals surface area contributed by atoms with Crippen LogP contribution in [-0.4, -0.2) is 64.0 Å². The Labute approximate surface area is 116 Å². The van der Waals surface area contributed by atoms with Crippen molar-refractivity contribution in [3.63, 3.8) is 0 Å². The van der Waals surface area contributed by atoms with E-state index in [4.69, 9.17) is 5.11 Å². The fourth-order valence-electron chi connectivity index (χ4n) is 2.05. The van der Waals surface area contributed by atoms with Crippen LogP contribution in [0.5, 0.6) is 0 Å². The van der Waals surface area contributed by atoms with E-state index >= 15 is 0 Å². The molecule has 2 aliphatic rings. The van der Waals surface area contributed by atoms with Crippen LogP contribution >= 0.6 is 11.8 Å². The summed E-state index contributed by atoms with van der Waals surface area (Å²) in [6.07, 6.45) is 2.36. The second-order valence-corrected chi connectivity index (χ2v) is 6.01. The third-order valence-corrected chi connectivity index (χ3v) is 4.19. The van der Waals surface area contributed by atoms with Crippen LogP contribution in [0, 0.1) is 5.92 Å². The molecule has 0 aromatic carbocycles. The fraction of sp³-hybridized carbons (Fsp3) is 0.750. The van der Waals surface area contributed by atoms with Crippen LogP contribution in [0.2, 0.25) is 0 Å². The van der Waals surface area contributed by atoms with Crippen LogP contribution in [0.4, 0.5) is 4.79 Å². The first-order valence-corrected chi connectivity index (χ1v) is 7.46. The lowest BCUT2D eigenvalue weighted by molar-refractivity contribution is -0.144. The number of hydrogen-bond acceptors (Lipinski definition) is 4. The first-order valence-electron chi connectivity index (χ1n) is 6.47. The molecule has 6 nitrogen and oxygen atoms in total. The average Bonchev–Trinajstić information content (AvgIpc) is 3.07. The minimum atomic E-state index is -0.984. The standard InChI is InChI=1S/C12H18N2O4S/c15-10(3-4-13-5-6-19-12(13)18)14(8-11(16)17)7-9-1-2-9/h9H,1-8H2,(H,16,17). The van der Waals surface area contributed by atoms with E-state index in [-0.39, 0.29) is 24.1 Å². The highest BCUT2D eigenvalue weighted by atomic mass is 32.2. The Morgan fingerprint density at radius 2 is 2.16 bits per heavy atom. The molecule has 1 saturated heterocycles. The molecule has 0 atom stereocenters. The van der Waals surface area contributed by atoms with E-state index in [2.05, 4.69) is 0 Å². The smallest absolute Gasteiger partial charge is 0.323 e. The molecule has 1 aliphatic carbocycles. The second-order valence-electron chi connectivity index (χ2n) is 4.96. The van der Waals surface area contributed by atoms with E-state index in [0.29, 0.717) is 25.6 Å². The van der Waals surface area contributed by atoms with Gasteiger partial charge in [0, 0.05) is 31.8 Å². The molecule has 19 heavy (non-hydrogen) atoms. The van der Waals surface area contributed by atoms with E-state index in [1.807, 2.05) is 0 Å². The summed E-state index contributed by atoms with van der Waals surface area (Å²) in [5, 5.41) is 8.84. The molecular weight excluding hydrogens is 268 g/mol. The zero-order chi connectivity index (χ0) is 13.8. The predicted molar refractivity (Wildman–Crippen MR) is 71.0 cm³/mol. The molecule has 2 fully saturated rings. The highest BCUT2D eigenvalue weighted by molar-refractivity contribution is 8.13. The maximum atomic E-state index is 12.0. The van der Waals surface area contributed by atoms with E-state index in [1.54, 1.807) is 4.90 Å². The van der Waals surface area contributed by atoms with Gasteiger partial charge in [0.2, 0.25) is 5.91 Å². The van der Waals surface area contributed by atoms with Crippen molar-refractivity contribution < 1.29 is 19.5 Å². The van der Waals surface area contributed by atoms with Gasteiger partial charge >= 0.3 is 5.97 Å². The van der Waals surface area contributed by atoms with Gasteiger partial charge in [0.25, 0.3) is 5.24 Å². The second kappa shape index (κ2) is 6.27. The molecule has 0 bridgehead atoms. The number of hydrogen-bond donors (Lipinski definition) is 1. The van der Waals surface area contributed by atoms with E-state index in [1.165, 1.54) is 16.7 Å². The van der Waals surface area contributed by atoms with Crippen molar-refractivity contribution in [2.45, 2.75) is 19.3 Å². The molecule has 0 unspecified atom stereocenters. The Hall–Kier alpha value is -1.24. The van der Waals surface area contributed by atoms with Gasteiger partial charge in [-0.2, -0.15) is 0 Å². The zero-order valence-corrected chi connectivity index (χ0v) is 11.5. The summed E-state index contributed by atoms with van der Waals surface area (Å²) >= 11 is 1.26.